The van der Waals surface area contributed by atoms with E-state index in [2.05, 4.69) is 46.9 Å². The minimum absolute atomic E-state index is 0.194. The lowest BCUT2D eigenvalue weighted by Crippen LogP contribution is -2.34. The molecule has 0 fully saturated rings. The first-order valence-electron chi connectivity index (χ1n) is 4.81. The van der Waals surface area contributed by atoms with Crippen LogP contribution in [-0.4, -0.2) is 5.54 Å². The van der Waals surface area contributed by atoms with Gasteiger partial charge >= 0.3 is 0 Å². The number of hydrogen-bond donors (Lipinski definition) is 1. The summed E-state index contributed by atoms with van der Waals surface area (Å²) in [5.41, 5.74) is 3.01. The molecule has 0 spiro atoms. The van der Waals surface area contributed by atoms with Crippen LogP contribution in [0, 0.1) is 0 Å². The van der Waals surface area contributed by atoms with Crippen LogP contribution in [0.15, 0.2) is 11.3 Å². The number of rotatable bonds is 3. The summed E-state index contributed by atoms with van der Waals surface area (Å²) in [7, 11) is 0. The molecule has 0 aliphatic carbocycles. The highest BCUT2D eigenvalue weighted by Crippen LogP contribution is 2.11. The molecule has 0 saturated carbocycles. The van der Waals surface area contributed by atoms with Gasteiger partial charge in [0.15, 0.2) is 0 Å². The second kappa shape index (κ2) is 4.54. The van der Waals surface area contributed by atoms with Crippen molar-refractivity contribution in [3.8, 4) is 0 Å². The molecule has 0 aliphatic rings. The van der Waals surface area contributed by atoms with Crippen LogP contribution in [-0.2, 0) is 0 Å². The Bertz CT molecular complexity index is 160. The Morgan fingerprint density at radius 2 is 1.67 bits per heavy atom. The van der Waals surface area contributed by atoms with E-state index >= 15 is 0 Å². The van der Waals surface area contributed by atoms with E-state index in [1.165, 1.54) is 24.1 Å². The van der Waals surface area contributed by atoms with E-state index < -0.39 is 0 Å². The van der Waals surface area contributed by atoms with Gasteiger partial charge in [-0.15, -0.1) is 0 Å². The summed E-state index contributed by atoms with van der Waals surface area (Å²) in [6, 6.07) is 0. The highest BCUT2D eigenvalue weighted by atomic mass is 15.0. The van der Waals surface area contributed by atoms with Crippen molar-refractivity contribution < 1.29 is 0 Å². The molecule has 0 aromatic carbocycles. The van der Waals surface area contributed by atoms with E-state index in [4.69, 9.17) is 0 Å². The molecule has 1 N–H and O–H groups in total. The highest BCUT2D eigenvalue weighted by molar-refractivity contribution is 5.09. The fourth-order valence-corrected chi connectivity index (χ4v) is 1.23. The Hall–Kier alpha value is -0.460. The molecule has 1 heteroatoms. The van der Waals surface area contributed by atoms with Gasteiger partial charge < -0.3 is 5.32 Å². The maximum Gasteiger partial charge on any atom is 0.0286 e. The molecule has 0 rings (SSSR count). The summed E-state index contributed by atoms with van der Waals surface area (Å²) in [5, 5.41) is 3.48. The highest BCUT2D eigenvalue weighted by Gasteiger charge is 2.09. The monoisotopic (exact) mass is 169 g/mol. The molecule has 0 bridgehead atoms. The normalized spacial score (nSPS) is 14.2. The molecule has 0 atom stereocenters. The number of hydrogen-bond acceptors (Lipinski definition) is 1. The van der Waals surface area contributed by atoms with Gasteiger partial charge in [0.2, 0.25) is 0 Å². The van der Waals surface area contributed by atoms with Crippen LogP contribution in [0.1, 0.15) is 54.4 Å². The van der Waals surface area contributed by atoms with E-state index in [0.717, 1.165) is 0 Å². The zero-order chi connectivity index (χ0) is 9.78. The van der Waals surface area contributed by atoms with Crippen molar-refractivity contribution in [3.63, 3.8) is 0 Å². The Kier molecular flexibility index (Phi) is 4.36. The van der Waals surface area contributed by atoms with Crippen molar-refractivity contribution >= 4 is 0 Å². The Morgan fingerprint density at radius 3 is 2.00 bits per heavy atom. The lowest BCUT2D eigenvalue weighted by Gasteiger charge is -2.24. The van der Waals surface area contributed by atoms with Crippen molar-refractivity contribution in [2.45, 2.75) is 59.9 Å². The predicted molar refractivity (Wildman–Crippen MR) is 56.2 cm³/mol. The topological polar surface area (TPSA) is 12.0 Å². The standard InChI is InChI=1S/C11H23N/c1-7-8-9(2)10(3)12-11(4,5)6/h12H,7-8H2,1-6H3/b10-9-. The zero-order valence-corrected chi connectivity index (χ0v) is 9.41. The van der Waals surface area contributed by atoms with Crippen LogP contribution in [0.25, 0.3) is 0 Å². The summed E-state index contributed by atoms with van der Waals surface area (Å²) in [5.74, 6) is 0. The van der Waals surface area contributed by atoms with E-state index in [0.29, 0.717) is 0 Å². The van der Waals surface area contributed by atoms with Gasteiger partial charge in [-0.2, -0.15) is 0 Å². The molecule has 0 aromatic heterocycles. The molecule has 0 aliphatic heterocycles. The fraction of sp³-hybridized carbons (Fsp3) is 0.818. The SMILES string of the molecule is CCC/C(C)=C(/C)NC(C)(C)C. The minimum Gasteiger partial charge on any atom is -0.384 e. The van der Waals surface area contributed by atoms with E-state index in [-0.39, 0.29) is 5.54 Å². The quantitative estimate of drug-likeness (QED) is 0.682. The van der Waals surface area contributed by atoms with Gasteiger partial charge in [-0.1, -0.05) is 18.9 Å². The van der Waals surface area contributed by atoms with Crippen LogP contribution in [0.3, 0.4) is 0 Å². The molecule has 1 nitrogen and oxygen atoms in total. The maximum absolute atomic E-state index is 3.48. The predicted octanol–water partition coefficient (Wildman–Crippen LogP) is 3.47. The molecular weight excluding hydrogens is 146 g/mol. The molecule has 0 amide bonds. The van der Waals surface area contributed by atoms with Gasteiger partial charge in [0.05, 0.1) is 0 Å². The fourth-order valence-electron chi connectivity index (χ4n) is 1.23. The Labute approximate surface area is 77.2 Å². The van der Waals surface area contributed by atoms with E-state index in [9.17, 15) is 0 Å². The number of allylic oxidation sites excluding steroid dienone is 2. The van der Waals surface area contributed by atoms with Crippen molar-refractivity contribution in [2.24, 2.45) is 0 Å². The maximum atomic E-state index is 3.48. The average Bonchev–Trinajstić information content (AvgIpc) is 1.84. The third-order valence-electron chi connectivity index (χ3n) is 1.83. The third-order valence-corrected chi connectivity index (χ3v) is 1.83. The average molecular weight is 169 g/mol. The summed E-state index contributed by atoms with van der Waals surface area (Å²) < 4.78 is 0. The molecule has 12 heavy (non-hydrogen) atoms. The Morgan fingerprint density at radius 1 is 1.17 bits per heavy atom. The second-order valence-corrected chi connectivity index (χ2v) is 4.53. The first kappa shape index (κ1) is 11.5. The molecule has 0 unspecified atom stereocenters. The van der Waals surface area contributed by atoms with Crippen LogP contribution >= 0.6 is 0 Å². The third kappa shape index (κ3) is 5.22. The lowest BCUT2D eigenvalue weighted by atomic mass is 10.1. The largest absolute Gasteiger partial charge is 0.384 e. The van der Waals surface area contributed by atoms with Crippen LogP contribution in [0.2, 0.25) is 0 Å². The van der Waals surface area contributed by atoms with E-state index in [1.54, 1.807) is 0 Å². The first-order chi connectivity index (χ1) is 5.37. The van der Waals surface area contributed by atoms with Crippen molar-refractivity contribution in [2.75, 3.05) is 0 Å². The first-order valence-corrected chi connectivity index (χ1v) is 4.81. The Balaban J connectivity index is 4.17. The molecular formula is C11H23N. The number of nitrogens with one attached hydrogen (secondary N) is 1. The summed E-state index contributed by atoms with van der Waals surface area (Å²) in [6.07, 6.45) is 2.43. The van der Waals surface area contributed by atoms with Crippen LogP contribution in [0.4, 0.5) is 0 Å². The smallest absolute Gasteiger partial charge is 0.0286 e. The van der Waals surface area contributed by atoms with Gasteiger partial charge in [-0.3, -0.25) is 0 Å². The van der Waals surface area contributed by atoms with E-state index in [1.807, 2.05) is 0 Å². The lowest BCUT2D eigenvalue weighted by molar-refractivity contribution is 0.469. The van der Waals surface area contributed by atoms with Crippen molar-refractivity contribution in [3.05, 3.63) is 11.3 Å². The molecule has 0 aromatic rings. The van der Waals surface area contributed by atoms with Crippen LogP contribution < -0.4 is 5.32 Å². The van der Waals surface area contributed by atoms with Gasteiger partial charge in [0.1, 0.15) is 0 Å². The van der Waals surface area contributed by atoms with Crippen molar-refractivity contribution in [1.29, 1.82) is 0 Å². The minimum atomic E-state index is 0.194. The summed E-state index contributed by atoms with van der Waals surface area (Å²) in [6.45, 7) is 13.2. The van der Waals surface area contributed by atoms with Gasteiger partial charge in [0.25, 0.3) is 0 Å². The van der Waals surface area contributed by atoms with Gasteiger partial charge in [-0.05, 0) is 41.0 Å². The molecule has 0 radical (unpaired) electrons. The van der Waals surface area contributed by atoms with Crippen LogP contribution in [0.5, 0.6) is 0 Å². The van der Waals surface area contributed by atoms with Crippen molar-refractivity contribution in [1.82, 2.24) is 5.32 Å². The molecule has 0 heterocycles. The summed E-state index contributed by atoms with van der Waals surface area (Å²) >= 11 is 0. The van der Waals surface area contributed by atoms with Gasteiger partial charge in [-0.25, -0.2) is 0 Å². The summed E-state index contributed by atoms with van der Waals surface area (Å²) in [4.78, 5) is 0. The zero-order valence-electron chi connectivity index (χ0n) is 9.41. The molecule has 72 valence electrons. The second-order valence-electron chi connectivity index (χ2n) is 4.53. The molecule has 0 saturated heterocycles. The van der Waals surface area contributed by atoms with Gasteiger partial charge in [0, 0.05) is 11.2 Å².